The Morgan fingerprint density at radius 1 is 0.917 bits per heavy atom. The van der Waals surface area contributed by atoms with E-state index in [0.717, 1.165) is 25.2 Å². The summed E-state index contributed by atoms with van der Waals surface area (Å²) in [5, 5.41) is 4.24. The minimum absolute atomic E-state index is 0.0423. The fourth-order valence-corrected chi connectivity index (χ4v) is 12.0. The standard InChI is InChI=1S/C32H47NO3/c1-27(2)10-12-32(24-18-35-24)13-11-31(7)25(20(32)16-27)21(34)14-23-29(5)15-19-17-33-36-26(19)28(3,4)22(29)8-9-30(23,31)6/h17,20,22-25H,8-16,18H2,1-7H3/t20-,22-,23+,24?,25-,29-,30+,31+,32-/m0/s1. The molecule has 1 unspecified atom stereocenters. The molecular formula is C32H47NO3. The molecule has 2 heterocycles. The zero-order valence-corrected chi connectivity index (χ0v) is 23.7. The number of nitrogens with zero attached hydrogens (tertiary/aromatic N) is 1. The van der Waals surface area contributed by atoms with Crippen molar-refractivity contribution in [2.45, 2.75) is 118 Å². The first-order valence-electron chi connectivity index (χ1n) is 14.9. The SMILES string of the molecule is CC1(C)CC[C@]2(C3CO3)CC[C@]3(C)[C@H](C(=O)C[C@@H]4[C@@]5(C)Cc6cnoc6C(C)(C)[C@@H]5CC[C@]43C)[C@@H]2C1. The van der Waals surface area contributed by atoms with Gasteiger partial charge in [0.1, 0.15) is 11.5 Å². The number of fused-ring (bicyclic) bond motifs is 8. The molecule has 4 heteroatoms. The van der Waals surface area contributed by atoms with Crippen molar-refractivity contribution in [1.29, 1.82) is 0 Å². The minimum atomic E-state index is -0.0423. The molecule has 6 aliphatic rings. The van der Waals surface area contributed by atoms with E-state index in [1.54, 1.807) is 0 Å². The molecule has 4 nitrogen and oxygen atoms in total. The first-order chi connectivity index (χ1) is 16.8. The van der Waals surface area contributed by atoms with Crippen LogP contribution < -0.4 is 0 Å². The van der Waals surface area contributed by atoms with Gasteiger partial charge in [-0.25, -0.2) is 0 Å². The number of carbonyl (C=O) groups excluding carboxylic acids is 1. The van der Waals surface area contributed by atoms with E-state index in [9.17, 15) is 4.79 Å². The molecule has 5 aliphatic carbocycles. The number of ketones is 1. The zero-order chi connectivity index (χ0) is 25.5. The molecule has 4 saturated carbocycles. The molecular weight excluding hydrogens is 446 g/mol. The van der Waals surface area contributed by atoms with E-state index in [-0.39, 0.29) is 33.0 Å². The van der Waals surface area contributed by atoms with Crippen LogP contribution in [-0.4, -0.2) is 23.7 Å². The topological polar surface area (TPSA) is 55.6 Å². The Bertz CT molecular complexity index is 1110. The molecule has 0 bridgehead atoms. The number of aromatic nitrogens is 1. The van der Waals surface area contributed by atoms with Gasteiger partial charge < -0.3 is 9.26 Å². The lowest BCUT2D eigenvalue weighted by Crippen LogP contribution is -2.69. The predicted molar refractivity (Wildman–Crippen MR) is 139 cm³/mol. The molecule has 5 fully saturated rings. The average Bonchev–Trinajstić information content (AvgIpc) is 3.53. The Kier molecular flexibility index (Phi) is 4.57. The van der Waals surface area contributed by atoms with Crippen molar-refractivity contribution < 1.29 is 14.1 Å². The summed E-state index contributed by atoms with van der Waals surface area (Å²) in [5.41, 5.74) is 2.14. The van der Waals surface area contributed by atoms with Gasteiger partial charge in [0.25, 0.3) is 0 Å². The quantitative estimate of drug-likeness (QED) is 0.390. The van der Waals surface area contributed by atoms with Crippen LogP contribution in [0.5, 0.6) is 0 Å². The van der Waals surface area contributed by atoms with Crippen LogP contribution in [0.4, 0.5) is 0 Å². The maximum absolute atomic E-state index is 14.6. The third-order valence-electron chi connectivity index (χ3n) is 14.0. The summed E-state index contributed by atoms with van der Waals surface area (Å²) in [4.78, 5) is 14.6. The molecule has 0 aromatic carbocycles. The van der Waals surface area contributed by atoms with Crippen LogP contribution in [0.15, 0.2) is 10.7 Å². The number of ether oxygens (including phenoxy) is 1. The molecule has 198 valence electrons. The highest BCUT2D eigenvalue weighted by Crippen LogP contribution is 2.76. The van der Waals surface area contributed by atoms with E-state index in [2.05, 4.69) is 53.6 Å². The molecule has 1 aromatic heterocycles. The summed E-state index contributed by atoms with van der Waals surface area (Å²) < 4.78 is 11.9. The lowest BCUT2D eigenvalue weighted by atomic mass is 9.31. The van der Waals surface area contributed by atoms with Gasteiger partial charge in [0.15, 0.2) is 0 Å². The van der Waals surface area contributed by atoms with Crippen molar-refractivity contribution in [3.05, 3.63) is 17.5 Å². The molecule has 1 aliphatic heterocycles. The molecule has 0 N–H and O–H groups in total. The molecule has 9 atom stereocenters. The molecule has 0 radical (unpaired) electrons. The fourth-order valence-electron chi connectivity index (χ4n) is 12.0. The molecule has 1 saturated heterocycles. The van der Waals surface area contributed by atoms with Gasteiger partial charge in [0, 0.05) is 28.7 Å². The number of rotatable bonds is 1. The second kappa shape index (κ2) is 6.88. The second-order valence-electron chi connectivity index (χ2n) is 16.2. The maximum atomic E-state index is 14.6. The first kappa shape index (κ1) is 23.9. The minimum Gasteiger partial charge on any atom is -0.373 e. The molecule has 0 spiro atoms. The van der Waals surface area contributed by atoms with E-state index in [0.29, 0.717) is 35.1 Å². The Labute approximate surface area is 217 Å². The Balaban J connectivity index is 1.33. The maximum Gasteiger partial charge on any atom is 0.145 e. The third kappa shape index (κ3) is 2.71. The smallest absolute Gasteiger partial charge is 0.145 e. The van der Waals surface area contributed by atoms with Crippen molar-refractivity contribution in [3.63, 3.8) is 0 Å². The van der Waals surface area contributed by atoms with Gasteiger partial charge >= 0.3 is 0 Å². The molecule has 1 aromatic rings. The predicted octanol–water partition coefficient (Wildman–Crippen LogP) is 7.15. The van der Waals surface area contributed by atoms with Gasteiger partial charge in [0.05, 0.1) is 18.9 Å². The fraction of sp³-hybridized carbons (Fsp3) is 0.875. The molecule has 36 heavy (non-hydrogen) atoms. The van der Waals surface area contributed by atoms with Crippen LogP contribution in [-0.2, 0) is 21.4 Å². The van der Waals surface area contributed by atoms with Gasteiger partial charge in [0.2, 0.25) is 0 Å². The van der Waals surface area contributed by atoms with Crippen LogP contribution in [0.25, 0.3) is 0 Å². The summed E-state index contributed by atoms with van der Waals surface area (Å²) in [5.74, 6) is 3.29. The summed E-state index contributed by atoms with van der Waals surface area (Å²) in [6.45, 7) is 18.3. The van der Waals surface area contributed by atoms with E-state index in [1.807, 2.05) is 6.20 Å². The lowest BCUT2D eigenvalue weighted by molar-refractivity contribution is -0.230. The number of hydrogen-bond donors (Lipinski definition) is 0. The molecule has 0 amide bonds. The second-order valence-corrected chi connectivity index (χ2v) is 16.2. The van der Waals surface area contributed by atoms with Crippen molar-refractivity contribution >= 4 is 5.78 Å². The van der Waals surface area contributed by atoms with Crippen LogP contribution in [0.2, 0.25) is 0 Å². The summed E-state index contributed by atoms with van der Waals surface area (Å²) in [7, 11) is 0. The normalized spacial score (nSPS) is 52.3. The van der Waals surface area contributed by atoms with Crippen LogP contribution in [0, 0.1) is 50.7 Å². The Morgan fingerprint density at radius 3 is 2.36 bits per heavy atom. The van der Waals surface area contributed by atoms with Crippen molar-refractivity contribution in [3.8, 4) is 0 Å². The van der Waals surface area contributed by atoms with Gasteiger partial charge in [-0.3, -0.25) is 4.79 Å². The number of carbonyl (C=O) groups is 1. The van der Waals surface area contributed by atoms with E-state index in [1.165, 1.54) is 50.5 Å². The summed E-state index contributed by atoms with van der Waals surface area (Å²) in [6.07, 6.45) is 12.7. The van der Waals surface area contributed by atoms with Crippen LogP contribution >= 0.6 is 0 Å². The number of hydrogen-bond acceptors (Lipinski definition) is 4. The van der Waals surface area contributed by atoms with Gasteiger partial charge in [-0.15, -0.1) is 0 Å². The highest BCUT2D eigenvalue weighted by Gasteiger charge is 2.73. The monoisotopic (exact) mass is 493 g/mol. The molecule has 7 rings (SSSR count). The van der Waals surface area contributed by atoms with Crippen LogP contribution in [0.1, 0.15) is 111 Å². The van der Waals surface area contributed by atoms with Crippen molar-refractivity contribution in [2.75, 3.05) is 6.61 Å². The van der Waals surface area contributed by atoms with E-state index in [4.69, 9.17) is 9.26 Å². The lowest BCUT2D eigenvalue weighted by Gasteiger charge is -2.72. The Hall–Kier alpha value is -1.16. The first-order valence-corrected chi connectivity index (χ1v) is 14.9. The average molecular weight is 494 g/mol. The highest BCUT2D eigenvalue weighted by atomic mass is 16.6. The van der Waals surface area contributed by atoms with Gasteiger partial charge in [-0.2, -0.15) is 0 Å². The van der Waals surface area contributed by atoms with Gasteiger partial charge in [-0.05, 0) is 90.8 Å². The Morgan fingerprint density at radius 2 is 1.64 bits per heavy atom. The van der Waals surface area contributed by atoms with E-state index >= 15 is 0 Å². The summed E-state index contributed by atoms with van der Waals surface area (Å²) >= 11 is 0. The van der Waals surface area contributed by atoms with Crippen molar-refractivity contribution in [1.82, 2.24) is 5.16 Å². The number of Topliss-reactive ketones (excluding diaryl/α,β-unsaturated/α-hetero) is 1. The number of epoxide rings is 1. The van der Waals surface area contributed by atoms with Crippen molar-refractivity contribution in [2.24, 2.45) is 50.7 Å². The van der Waals surface area contributed by atoms with Crippen LogP contribution in [0.3, 0.4) is 0 Å². The van der Waals surface area contributed by atoms with Gasteiger partial charge in [-0.1, -0.05) is 53.6 Å². The van der Waals surface area contributed by atoms with E-state index < -0.39 is 0 Å². The highest BCUT2D eigenvalue weighted by molar-refractivity contribution is 5.84. The summed E-state index contributed by atoms with van der Waals surface area (Å²) in [6, 6.07) is 0. The zero-order valence-electron chi connectivity index (χ0n) is 23.7. The largest absolute Gasteiger partial charge is 0.373 e. The third-order valence-corrected chi connectivity index (χ3v) is 14.0.